The fourth-order valence-electron chi connectivity index (χ4n) is 3.36. The average molecular weight is 1060 g/mol. The van der Waals surface area contributed by atoms with Crippen molar-refractivity contribution >= 4 is 141 Å². The minimum absolute atomic E-state index is 0. The van der Waals surface area contributed by atoms with Crippen LogP contribution in [0.5, 0.6) is 0 Å². The Balaban J connectivity index is -0.000000245. The summed E-state index contributed by atoms with van der Waals surface area (Å²) in [5.41, 5.74) is 0.423. The fourth-order valence-corrected chi connectivity index (χ4v) is 7.31. The Kier molecular flexibility index (Phi) is 46.0. The number of imidazole rings is 2. The highest BCUT2D eigenvalue weighted by molar-refractivity contribution is 8.20. The lowest BCUT2D eigenvalue weighted by atomic mass is 10.2. The van der Waals surface area contributed by atoms with Gasteiger partial charge in [-0.1, -0.05) is 51.1 Å². The number of nitrogens with zero attached hydrogens (tertiary/aromatic N) is 8. The summed E-state index contributed by atoms with van der Waals surface area (Å²) in [4.78, 5) is 31.1. The first-order valence-corrected chi connectivity index (χ1v) is 24.3. The van der Waals surface area contributed by atoms with Crippen molar-refractivity contribution in [2.45, 2.75) is 47.0 Å². The third-order valence-electron chi connectivity index (χ3n) is 5.89. The molecular formula is C27H53Cl10N9O9P2. The van der Waals surface area contributed by atoms with Crippen LogP contribution in [0, 0.1) is 20.2 Å². The summed E-state index contributed by atoms with van der Waals surface area (Å²) in [7, 11) is -0.619. The van der Waals surface area contributed by atoms with E-state index in [-0.39, 0.29) is 94.6 Å². The van der Waals surface area contributed by atoms with E-state index < -0.39 is 29.1 Å². The van der Waals surface area contributed by atoms with Crippen LogP contribution in [0.3, 0.4) is 0 Å². The van der Waals surface area contributed by atoms with Crippen LogP contribution in [0.15, 0.2) is 12.4 Å². The zero-order chi connectivity index (χ0) is 43.2. The molecule has 340 valence electrons. The first kappa shape index (κ1) is 66.6. The van der Waals surface area contributed by atoms with Gasteiger partial charge in [0.15, 0.2) is 5.98 Å². The van der Waals surface area contributed by atoms with Crippen molar-refractivity contribution in [3.05, 3.63) is 44.0 Å². The molecule has 30 heteroatoms. The van der Waals surface area contributed by atoms with Crippen molar-refractivity contribution in [3.63, 3.8) is 0 Å². The number of hydrogen-bond acceptors (Lipinski definition) is 12. The molecule has 0 saturated carbocycles. The minimum atomic E-state index is -3.59. The lowest BCUT2D eigenvalue weighted by Crippen LogP contribution is -2.37. The van der Waals surface area contributed by atoms with Crippen molar-refractivity contribution in [1.29, 1.82) is 0 Å². The summed E-state index contributed by atoms with van der Waals surface area (Å²) in [6.45, 7) is 7.73. The molecule has 0 saturated heterocycles. The smallest absolute Gasteiger partial charge is 0.390 e. The maximum atomic E-state index is 13.8. The van der Waals surface area contributed by atoms with E-state index in [9.17, 15) is 24.8 Å². The molecule has 0 aliphatic rings. The van der Waals surface area contributed by atoms with Crippen molar-refractivity contribution < 1.29 is 34.2 Å². The molecule has 3 N–H and O–H groups in total. The van der Waals surface area contributed by atoms with Gasteiger partial charge in [0.2, 0.25) is 0 Å². The third-order valence-corrected chi connectivity index (χ3v) is 9.64. The molecule has 0 bridgehead atoms. The summed E-state index contributed by atoms with van der Waals surface area (Å²) in [6.07, 6.45) is 2.58. The van der Waals surface area contributed by atoms with Crippen molar-refractivity contribution in [2.24, 2.45) is 14.1 Å². The van der Waals surface area contributed by atoms with E-state index in [2.05, 4.69) is 20.2 Å². The molecule has 0 fully saturated rings. The van der Waals surface area contributed by atoms with Crippen molar-refractivity contribution in [2.75, 3.05) is 74.5 Å². The monoisotopic (exact) mass is 1060 g/mol. The second-order valence-corrected chi connectivity index (χ2v) is 20.5. The first-order valence-electron chi connectivity index (χ1n) is 15.6. The summed E-state index contributed by atoms with van der Waals surface area (Å²) < 4.78 is 25.3. The predicted molar refractivity (Wildman–Crippen MR) is 240 cm³/mol. The van der Waals surface area contributed by atoms with Gasteiger partial charge in [-0.15, -0.1) is 82.0 Å². The number of aliphatic hydroxyl groups excluding tert-OH is 1. The van der Waals surface area contributed by atoms with Crippen molar-refractivity contribution in [3.8, 4) is 0 Å². The number of alkyl halides is 6. The maximum Gasteiger partial charge on any atom is 0.434 e. The highest BCUT2D eigenvalue weighted by Gasteiger charge is 2.38. The highest BCUT2D eigenvalue weighted by atomic mass is 36.0. The lowest BCUT2D eigenvalue weighted by molar-refractivity contribution is -0.396. The Morgan fingerprint density at radius 1 is 0.807 bits per heavy atom. The van der Waals surface area contributed by atoms with E-state index in [1.165, 1.54) is 35.6 Å². The summed E-state index contributed by atoms with van der Waals surface area (Å²) in [5, 5.41) is 40.7. The van der Waals surface area contributed by atoms with Gasteiger partial charge in [0.05, 0.1) is 19.7 Å². The van der Waals surface area contributed by atoms with Gasteiger partial charge < -0.3 is 30.7 Å². The van der Waals surface area contributed by atoms with Gasteiger partial charge in [-0.25, -0.2) is 23.4 Å². The molecule has 0 spiro atoms. The largest absolute Gasteiger partial charge is 0.434 e. The molecule has 0 aliphatic carbocycles. The molecule has 0 aliphatic heterocycles. The van der Waals surface area contributed by atoms with Gasteiger partial charge in [-0.3, -0.25) is 14.3 Å². The SMILES string of the molecule is C.CC(C)(C)OO.Cl.ClCCNCCCl.ClP(Cl)Cl.Cn1c(CO)cnc1[N+](=O)[O-].Cn1c(COP(=O)(N(CCCl)CCCl)N(CCCl)CCCl)cnc1[N+](=O)[O-]. The van der Waals surface area contributed by atoms with E-state index in [0.29, 0.717) is 23.1 Å². The number of hydrogen-bond donors (Lipinski definition) is 3. The molecule has 2 aromatic heterocycles. The minimum Gasteiger partial charge on any atom is -0.390 e. The van der Waals surface area contributed by atoms with Crippen LogP contribution in [0.1, 0.15) is 39.6 Å². The highest BCUT2D eigenvalue weighted by Crippen LogP contribution is 2.55. The van der Waals surface area contributed by atoms with E-state index >= 15 is 0 Å². The Labute approximate surface area is 386 Å². The third kappa shape index (κ3) is 31.1. The molecule has 57 heavy (non-hydrogen) atoms. The quantitative estimate of drug-likeness (QED) is 0.0281. The standard InChI is InChI=1S/C13H22Cl4N5O4P.C5H7N3O3.C4H9Cl2N.C4H10O2.CH4.Cl3P.ClH/c1-19-12(10-18-13(19)22(23)24)11-26-27(25,20(6-2-14)7-3-15)21(8-4-16)9-5-17;1-7-4(3-9)2-6-5(7)8(10)11;5-1-3-7-4-2-6;1-4(2,3)6-5;;1-4(2)3;/h10H,2-9,11H2,1H3;2,9H,3H2,1H3;7H,1-4H2;5H,1-3H3;1H4;;1H. The van der Waals surface area contributed by atoms with Crippen LogP contribution in [-0.4, -0.2) is 129 Å². The first-order chi connectivity index (χ1) is 25.7. The number of aromatic nitrogens is 4. The summed E-state index contributed by atoms with van der Waals surface area (Å²) in [5.74, 6) is 0.412. The number of nitro groups is 2. The van der Waals surface area contributed by atoms with Gasteiger partial charge in [-0.05, 0) is 30.6 Å². The van der Waals surface area contributed by atoms with E-state index in [4.69, 9.17) is 118 Å². The number of aliphatic hydroxyl groups is 1. The zero-order valence-electron chi connectivity index (χ0n) is 31.1. The molecule has 0 atom stereocenters. The van der Waals surface area contributed by atoms with Gasteiger partial charge in [0, 0.05) is 74.5 Å². The lowest BCUT2D eigenvalue weighted by Gasteiger charge is -2.37. The maximum absolute atomic E-state index is 13.8. The number of halogens is 10. The molecule has 0 radical (unpaired) electrons. The molecule has 2 aromatic rings. The topological polar surface area (TPSA) is 216 Å². The Bertz CT molecular complexity index is 1320. The molecule has 2 heterocycles. The second kappa shape index (κ2) is 39.4. The summed E-state index contributed by atoms with van der Waals surface area (Å²) >= 11 is 48.7. The summed E-state index contributed by atoms with van der Waals surface area (Å²) in [6, 6.07) is 0. The van der Waals surface area contributed by atoms with Crippen LogP contribution in [0.2, 0.25) is 0 Å². The van der Waals surface area contributed by atoms with E-state index in [1.807, 2.05) is 0 Å². The molecule has 0 aromatic carbocycles. The second-order valence-electron chi connectivity index (χ2n) is 10.8. The van der Waals surface area contributed by atoms with Crippen LogP contribution in [0.25, 0.3) is 0 Å². The van der Waals surface area contributed by atoms with Crippen molar-refractivity contribution in [1.82, 2.24) is 33.8 Å². The number of nitrogens with one attached hydrogen (secondary N) is 1. The van der Waals surface area contributed by atoms with Crippen LogP contribution < -0.4 is 5.32 Å². The van der Waals surface area contributed by atoms with Crippen LogP contribution >= 0.6 is 129 Å². The number of rotatable bonds is 20. The van der Waals surface area contributed by atoms with Gasteiger partial charge >= 0.3 is 19.6 Å². The molecule has 0 amide bonds. The van der Waals surface area contributed by atoms with E-state index in [1.54, 1.807) is 30.1 Å². The molecule has 2 rings (SSSR count). The van der Waals surface area contributed by atoms with Crippen LogP contribution in [0.4, 0.5) is 11.9 Å². The zero-order valence-corrected chi connectivity index (χ0v) is 40.5. The fraction of sp³-hybridized carbons (Fsp3) is 0.778. The average Bonchev–Trinajstić information content (AvgIpc) is 3.69. The molecule has 18 nitrogen and oxygen atoms in total. The molecular weight excluding hydrogens is 1010 g/mol. The van der Waals surface area contributed by atoms with E-state index in [0.717, 1.165) is 13.1 Å². The van der Waals surface area contributed by atoms with Gasteiger partial charge in [0.1, 0.15) is 37.0 Å². The Morgan fingerprint density at radius 3 is 1.35 bits per heavy atom. The molecule has 0 unspecified atom stereocenters. The Hall–Kier alpha value is 0.500. The van der Waals surface area contributed by atoms with Gasteiger partial charge in [-0.2, -0.15) is 0 Å². The van der Waals surface area contributed by atoms with Gasteiger partial charge in [0.25, 0.3) is 0 Å². The van der Waals surface area contributed by atoms with Crippen LogP contribution in [-0.2, 0) is 41.3 Å². The predicted octanol–water partition coefficient (Wildman–Crippen LogP) is 9.65. The normalized spacial score (nSPS) is 10.8. The Morgan fingerprint density at radius 2 is 1.12 bits per heavy atom.